The number of aromatic amines is 1. The average Bonchev–Trinajstić information content (AvgIpc) is 2.74. The summed E-state index contributed by atoms with van der Waals surface area (Å²) in [6.07, 6.45) is 2.99. The van der Waals surface area contributed by atoms with Gasteiger partial charge in [0.2, 0.25) is 0 Å². The molecule has 1 aromatic carbocycles. The van der Waals surface area contributed by atoms with Crippen LogP contribution in [0.25, 0.3) is 11.3 Å². The summed E-state index contributed by atoms with van der Waals surface area (Å²) in [7, 11) is 0. The Morgan fingerprint density at radius 3 is 2.47 bits per heavy atom. The fourth-order valence-electron chi connectivity index (χ4n) is 2.37. The van der Waals surface area contributed by atoms with Crippen molar-refractivity contribution >= 4 is 0 Å². The van der Waals surface area contributed by atoms with Gasteiger partial charge >= 0.3 is 0 Å². The Labute approximate surface area is 114 Å². The van der Waals surface area contributed by atoms with Gasteiger partial charge in [-0.1, -0.05) is 43.7 Å². The molecular weight excluding hydrogens is 236 g/mol. The van der Waals surface area contributed by atoms with Crippen molar-refractivity contribution in [3.63, 3.8) is 0 Å². The predicted molar refractivity (Wildman–Crippen MR) is 79.5 cm³/mol. The highest BCUT2D eigenvalue weighted by atomic mass is 16.1. The lowest BCUT2D eigenvalue weighted by Gasteiger charge is -2.13. The molecule has 0 amide bonds. The van der Waals surface area contributed by atoms with Crippen molar-refractivity contribution < 1.29 is 0 Å². The monoisotopic (exact) mass is 258 g/mol. The second-order valence-electron chi connectivity index (χ2n) is 5.20. The second-order valence-corrected chi connectivity index (χ2v) is 5.20. The van der Waals surface area contributed by atoms with Crippen molar-refractivity contribution in [1.29, 1.82) is 0 Å². The number of nitrogens with one attached hydrogen (secondary N) is 1. The summed E-state index contributed by atoms with van der Waals surface area (Å²) in [5, 5.41) is 2.98. The van der Waals surface area contributed by atoms with Crippen LogP contribution in [0.1, 0.15) is 45.2 Å². The van der Waals surface area contributed by atoms with Crippen molar-refractivity contribution in [2.24, 2.45) is 0 Å². The van der Waals surface area contributed by atoms with E-state index in [0.717, 1.165) is 36.1 Å². The maximum atomic E-state index is 12.2. The van der Waals surface area contributed by atoms with Gasteiger partial charge in [-0.2, -0.15) is 0 Å². The van der Waals surface area contributed by atoms with Crippen LogP contribution in [-0.2, 0) is 6.42 Å². The number of aromatic nitrogens is 2. The quantitative estimate of drug-likeness (QED) is 0.871. The molecule has 0 fully saturated rings. The smallest absolute Gasteiger partial charge is 0.267 e. The zero-order valence-electron chi connectivity index (χ0n) is 11.9. The Hall–Kier alpha value is -1.77. The summed E-state index contributed by atoms with van der Waals surface area (Å²) < 4.78 is 1.99. The van der Waals surface area contributed by atoms with Crippen LogP contribution in [-0.4, -0.2) is 9.78 Å². The molecule has 0 saturated heterocycles. The summed E-state index contributed by atoms with van der Waals surface area (Å²) in [4.78, 5) is 12.2. The van der Waals surface area contributed by atoms with Crippen LogP contribution in [0.4, 0.5) is 0 Å². The summed E-state index contributed by atoms with van der Waals surface area (Å²) in [6.45, 7) is 6.33. The van der Waals surface area contributed by atoms with Crippen LogP contribution in [0.2, 0.25) is 0 Å². The van der Waals surface area contributed by atoms with Gasteiger partial charge in [0.05, 0.1) is 5.69 Å². The molecule has 3 heteroatoms. The summed E-state index contributed by atoms with van der Waals surface area (Å²) >= 11 is 0. The SMILES string of the molecule is CCCCc1c(-c2ccccc2)n(C(C)C)[nH]c1=O. The van der Waals surface area contributed by atoms with Crippen molar-refractivity contribution in [3.05, 3.63) is 46.2 Å². The normalized spacial score (nSPS) is 11.2. The van der Waals surface area contributed by atoms with Crippen molar-refractivity contribution in [1.82, 2.24) is 9.78 Å². The van der Waals surface area contributed by atoms with Crippen LogP contribution >= 0.6 is 0 Å². The third-order valence-electron chi connectivity index (χ3n) is 3.37. The topological polar surface area (TPSA) is 37.8 Å². The Kier molecular flexibility index (Phi) is 4.25. The molecule has 102 valence electrons. The highest BCUT2D eigenvalue weighted by molar-refractivity contribution is 5.63. The maximum Gasteiger partial charge on any atom is 0.267 e. The van der Waals surface area contributed by atoms with E-state index in [4.69, 9.17) is 0 Å². The van der Waals surface area contributed by atoms with E-state index in [2.05, 4.69) is 38.0 Å². The predicted octanol–water partition coefficient (Wildman–Crippen LogP) is 3.77. The van der Waals surface area contributed by atoms with Crippen molar-refractivity contribution in [3.8, 4) is 11.3 Å². The third kappa shape index (κ3) is 2.80. The lowest BCUT2D eigenvalue weighted by molar-refractivity contribution is 0.534. The third-order valence-corrected chi connectivity index (χ3v) is 3.37. The number of hydrogen-bond acceptors (Lipinski definition) is 1. The molecule has 19 heavy (non-hydrogen) atoms. The van der Waals surface area contributed by atoms with Crippen molar-refractivity contribution in [2.75, 3.05) is 0 Å². The summed E-state index contributed by atoms with van der Waals surface area (Å²) in [6, 6.07) is 10.4. The summed E-state index contributed by atoms with van der Waals surface area (Å²) in [5.41, 5.74) is 3.14. The average molecular weight is 258 g/mol. The second kappa shape index (κ2) is 5.91. The first-order chi connectivity index (χ1) is 9.15. The highest BCUT2D eigenvalue weighted by Gasteiger charge is 2.17. The first kappa shape index (κ1) is 13.7. The number of H-pyrrole nitrogens is 1. The molecule has 1 heterocycles. The van der Waals surface area contributed by atoms with E-state index in [1.807, 2.05) is 22.9 Å². The van der Waals surface area contributed by atoms with Crippen LogP contribution in [0, 0.1) is 0 Å². The molecular formula is C16H22N2O. The number of unbranched alkanes of at least 4 members (excludes halogenated alkanes) is 1. The molecule has 2 aromatic rings. The lowest BCUT2D eigenvalue weighted by atomic mass is 10.0. The first-order valence-electron chi connectivity index (χ1n) is 7.04. The molecule has 0 aliphatic carbocycles. The van der Waals surface area contributed by atoms with E-state index < -0.39 is 0 Å². The molecule has 0 bridgehead atoms. The highest BCUT2D eigenvalue weighted by Crippen LogP contribution is 2.25. The van der Waals surface area contributed by atoms with Gasteiger partial charge in [0.1, 0.15) is 0 Å². The molecule has 0 spiro atoms. The van der Waals surface area contributed by atoms with Gasteiger partial charge < -0.3 is 0 Å². The molecule has 0 saturated carbocycles. The Balaban J connectivity index is 2.57. The lowest BCUT2D eigenvalue weighted by Crippen LogP contribution is -2.09. The molecule has 0 aliphatic heterocycles. The molecule has 3 nitrogen and oxygen atoms in total. The van der Waals surface area contributed by atoms with Gasteiger partial charge in [-0.05, 0) is 26.7 Å². The molecule has 1 N–H and O–H groups in total. The fourth-order valence-corrected chi connectivity index (χ4v) is 2.37. The Morgan fingerprint density at radius 2 is 1.89 bits per heavy atom. The van der Waals surface area contributed by atoms with E-state index in [9.17, 15) is 4.79 Å². The largest absolute Gasteiger partial charge is 0.282 e. The summed E-state index contributed by atoms with van der Waals surface area (Å²) in [5.74, 6) is 0. The van der Waals surface area contributed by atoms with E-state index >= 15 is 0 Å². The van der Waals surface area contributed by atoms with E-state index in [1.54, 1.807) is 0 Å². The molecule has 0 atom stereocenters. The van der Waals surface area contributed by atoms with E-state index in [1.165, 1.54) is 0 Å². The molecule has 0 unspecified atom stereocenters. The molecule has 0 radical (unpaired) electrons. The van der Waals surface area contributed by atoms with Crippen LogP contribution in [0.3, 0.4) is 0 Å². The molecule has 0 aliphatic rings. The number of benzene rings is 1. The van der Waals surface area contributed by atoms with Crippen LogP contribution < -0.4 is 5.56 Å². The zero-order valence-corrected chi connectivity index (χ0v) is 11.9. The number of nitrogens with zero attached hydrogens (tertiary/aromatic N) is 1. The van der Waals surface area contributed by atoms with Crippen molar-refractivity contribution in [2.45, 2.75) is 46.1 Å². The maximum absolute atomic E-state index is 12.2. The Morgan fingerprint density at radius 1 is 1.21 bits per heavy atom. The standard InChI is InChI=1S/C16H22N2O/c1-4-5-11-14-15(13-9-7-6-8-10-13)18(12(2)3)17-16(14)19/h6-10,12H,4-5,11H2,1-3H3,(H,17,19). The van der Waals surface area contributed by atoms with Crippen LogP contribution in [0.15, 0.2) is 35.1 Å². The van der Waals surface area contributed by atoms with Gasteiger partial charge in [0.25, 0.3) is 5.56 Å². The minimum atomic E-state index is 0.0565. The minimum absolute atomic E-state index is 0.0565. The fraction of sp³-hybridized carbons (Fsp3) is 0.438. The number of rotatable bonds is 5. The minimum Gasteiger partial charge on any atom is -0.282 e. The molecule has 1 aromatic heterocycles. The van der Waals surface area contributed by atoms with Gasteiger partial charge in [0.15, 0.2) is 0 Å². The van der Waals surface area contributed by atoms with E-state index in [0.29, 0.717) is 0 Å². The van der Waals surface area contributed by atoms with Gasteiger partial charge in [-0.3, -0.25) is 14.6 Å². The van der Waals surface area contributed by atoms with Gasteiger partial charge in [0, 0.05) is 17.2 Å². The van der Waals surface area contributed by atoms with Crippen LogP contribution in [0.5, 0.6) is 0 Å². The van der Waals surface area contributed by atoms with Gasteiger partial charge in [-0.25, -0.2) is 0 Å². The Bertz CT molecular complexity index is 579. The van der Waals surface area contributed by atoms with E-state index in [-0.39, 0.29) is 11.6 Å². The molecule has 2 rings (SSSR count). The first-order valence-corrected chi connectivity index (χ1v) is 7.04. The van der Waals surface area contributed by atoms with Gasteiger partial charge in [-0.15, -0.1) is 0 Å². The number of hydrogen-bond donors (Lipinski definition) is 1. The zero-order chi connectivity index (χ0) is 13.8.